The maximum atomic E-state index is 14.7. The third-order valence-electron chi connectivity index (χ3n) is 13.2. The predicted octanol–water partition coefficient (Wildman–Crippen LogP) is 15.4. The fraction of sp³-hybridized carbons (Fsp3) is 0.510. The Bertz CT molecular complexity index is 2200. The van der Waals surface area contributed by atoms with Gasteiger partial charge >= 0.3 is 24.7 Å². The molecule has 4 nitrogen and oxygen atoms in total. The number of quaternary nitrogens is 1. The van der Waals surface area contributed by atoms with Gasteiger partial charge in [0.15, 0.2) is 0 Å². The minimum atomic E-state index is -5.22. The molecule has 65 heavy (non-hydrogen) atoms. The number of ether oxygens (including phenoxy) is 3. The van der Waals surface area contributed by atoms with Gasteiger partial charge in [-0.1, -0.05) is 55.4 Å². The first-order chi connectivity index (χ1) is 29.5. The molecule has 0 radical (unpaired) electrons. The lowest BCUT2D eigenvalue weighted by Crippen LogP contribution is -2.60. The molecule has 0 fully saturated rings. The van der Waals surface area contributed by atoms with E-state index in [1.54, 1.807) is 60.7 Å². The van der Waals surface area contributed by atoms with Gasteiger partial charge in [-0.3, -0.25) is 0 Å². The number of likely N-dealkylation sites (N-methyl/N-ethyl adjacent to an activating group) is 1. The molecular formula is C49H56F12NO3+. The van der Waals surface area contributed by atoms with Gasteiger partial charge in [0.2, 0.25) is 0 Å². The van der Waals surface area contributed by atoms with Gasteiger partial charge in [-0.15, -0.1) is 0 Å². The van der Waals surface area contributed by atoms with Crippen LogP contribution >= 0.6 is 0 Å². The average molecular weight is 935 g/mol. The zero-order chi connectivity index (χ0) is 49.4. The first kappa shape index (κ1) is 51.5. The normalized spacial score (nSPS) is 15.6. The van der Waals surface area contributed by atoms with Gasteiger partial charge in [-0.05, 0) is 101 Å². The Hall–Kier alpha value is -4.44. The second-order valence-corrected chi connectivity index (χ2v) is 19.3. The van der Waals surface area contributed by atoms with E-state index in [0.29, 0.717) is 48.2 Å². The summed E-state index contributed by atoms with van der Waals surface area (Å²) in [5.74, 6) is -0.0133. The van der Waals surface area contributed by atoms with Crippen LogP contribution in [-0.4, -0.2) is 44.5 Å². The number of hydrogen-bond donors (Lipinski definition) is 0. The van der Waals surface area contributed by atoms with Crippen LogP contribution in [0.1, 0.15) is 120 Å². The van der Waals surface area contributed by atoms with Crippen molar-refractivity contribution in [2.45, 2.75) is 135 Å². The first-order valence-electron chi connectivity index (χ1n) is 21.0. The van der Waals surface area contributed by atoms with E-state index in [9.17, 15) is 52.7 Å². The Morgan fingerprint density at radius 2 is 0.800 bits per heavy atom. The summed E-state index contributed by atoms with van der Waals surface area (Å²) in [6, 6.07) is 5.46. The second-order valence-electron chi connectivity index (χ2n) is 19.3. The van der Waals surface area contributed by atoms with E-state index in [2.05, 4.69) is 0 Å². The highest BCUT2D eigenvalue weighted by molar-refractivity contribution is 5.91. The number of fused-ring (bicyclic) bond motifs is 3. The van der Waals surface area contributed by atoms with Crippen LogP contribution < -0.4 is 9.47 Å². The third kappa shape index (κ3) is 9.71. The summed E-state index contributed by atoms with van der Waals surface area (Å²) < 4.78 is 194. The average Bonchev–Trinajstić information content (AvgIpc) is 3.31. The Morgan fingerprint density at radius 1 is 0.508 bits per heavy atom. The molecular weight excluding hydrogens is 879 g/mol. The van der Waals surface area contributed by atoms with Crippen molar-refractivity contribution < 1.29 is 71.4 Å². The lowest BCUT2D eigenvalue weighted by atomic mass is 9.76. The number of alkyl halides is 12. The van der Waals surface area contributed by atoms with E-state index < -0.39 is 80.6 Å². The van der Waals surface area contributed by atoms with Crippen molar-refractivity contribution in [3.63, 3.8) is 0 Å². The van der Waals surface area contributed by atoms with Gasteiger partial charge in [0.05, 0.1) is 43.5 Å². The topological polar surface area (TPSA) is 27.7 Å². The number of hydrogen-bond acceptors (Lipinski definition) is 3. The highest BCUT2D eigenvalue weighted by atomic mass is 19.4. The summed E-state index contributed by atoms with van der Waals surface area (Å²) in [6.45, 7) is 16.0. The van der Waals surface area contributed by atoms with Crippen molar-refractivity contribution in [2.75, 3.05) is 28.4 Å². The summed E-state index contributed by atoms with van der Waals surface area (Å²) in [4.78, 5) is 0. The molecule has 0 saturated heterocycles. The van der Waals surface area contributed by atoms with Crippen molar-refractivity contribution in [2.24, 2.45) is 0 Å². The minimum Gasteiger partial charge on any atom is -0.496 e. The van der Waals surface area contributed by atoms with E-state index >= 15 is 0 Å². The van der Waals surface area contributed by atoms with E-state index in [1.165, 1.54) is 21.3 Å². The predicted molar refractivity (Wildman–Crippen MR) is 227 cm³/mol. The van der Waals surface area contributed by atoms with Gasteiger partial charge in [-0.2, -0.15) is 52.7 Å². The van der Waals surface area contributed by atoms with E-state index in [0.717, 1.165) is 0 Å². The molecule has 0 amide bonds. The van der Waals surface area contributed by atoms with E-state index in [1.807, 2.05) is 20.8 Å². The summed E-state index contributed by atoms with van der Waals surface area (Å²) in [5.41, 5.74) is -8.37. The van der Waals surface area contributed by atoms with Crippen molar-refractivity contribution in [1.82, 2.24) is 0 Å². The molecule has 0 aliphatic carbocycles. The van der Waals surface area contributed by atoms with E-state index in [-0.39, 0.29) is 74.6 Å². The molecule has 5 rings (SSSR count). The number of methoxy groups -OCH3 is 3. The highest BCUT2D eigenvalue weighted by Gasteiger charge is 2.49. The highest BCUT2D eigenvalue weighted by Crippen LogP contribution is 2.56. The Morgan fingerprint density at radius 3 is 1.02 bits per heavy atom. The van der Waals surface area contributed by atoms with Crippen LogP contribution in [-0.2, 0) is 53.4 Å². The molecule has 4 aromatic rings. The van der Waals surface area contributed by atoms with Crippen molar-refractivity contribution >= 4 is 0 Å². The fourth-order valence-corrected chi connectivity index (χ4v) is 9.48. The molecule has 0 unspecified atom stereocenters. The Balaban J connectivity index is 2.21. The van der Waals surface area contributed by atoms with E-state index in [4.69, 9.17) is 14.2 Å². The summed E-state index contributed by atoms with van der Waals surface area (Å²) >= 11 is 0. The number of benzene rings is 4. The van der Waals surface area contributed by atoms with Gasteiger partial charge in [0.25, 0.3) is 0 Å². The summed E-state index contributed by atoms with van der Waals surface area (Å²) in [7, 11) is 5.81. The zero-order valence-corrected chi connectivity index (χ0v) is 38.7. The van der Waals surface area contributed by atoms with Crippen LogP contribution in [0.4, 0.5) is 52.7 Å². The van der Waals surface area contributed by atoms with Crippen LogP contribution in [0, 0.1) is 0 Å². The Labute approximate surface area is 372 Å². The quantitative estimate of drug-likeness (QED) is 0.124. The van der Waals surface area contributed by atoms with Gasteiger partial charge in [0.1, 0.15) is 36.2 Å². The third-order valence-corrected chi connectivity index (χ3v) is 13.2. The summed E-state index contributed by atoms with van der Waals surface area (Å²) in [6.07, 6.45) is -20.1. The minimum absolute atomic E-state index is 0.00665. The molecule has 1 heterocycles. The van der Waals surface area contributed by atoms with Crippen molar-refractivity contribution in [1.29, 1.82) is 0 Å². The van der Waals surface area contributed by atoms with Crippen LogP contribution in [0.3, 0.4) is 0 Å². The standard InChI is InChI=1S/C49H56F12NO3/c1-14-45(15-2,65-13)26(3)62(10)24-35-33(22-37(43(4,5)6)41(63-11)39(35)27-16-29(46(50,51)52)20-30(17-27)47(53,54)55)34-23-38(44(7,8)9)42(64-12)40(36(34)25-62)28-18-31(48(56,57)58)21-32(19-28)49(59,60)61/h16-23,26H,14-15,24-25H2,1-13H3/q+1/t26-/m0/s1. The largest absolute Gasteiger partial charge is 0.496 e. The van der Waals surface area contributed by atoms with Gasteiger partial charge in [0, 0.05) is 40.5 Å². The molecule has 0 N–H and O–H groups in total. The maximum absolute atomic E-state index is 14.7. The number of nitrogens with zero attached hydrogens (tertiary/aromatic N) is 1. The maximum Gasteiger partial charge on any atom is 0.416 e. The molecule has 0 saturated carbocycles. The van der Waals surface area contributed by atoms with Crippen LogP contribution in [0.2, 0.25) is 0 Å². The van der Waals surface area contributed by atoms with Gasteiger partial charge in [-0.25, -0.2) is 0 Å². The van der Waals surface area contributed by atoms with Gasteiger partial charge < -0.3 is 18.7 Å². The molecule has 0 aromatic heterocycles. The molecule has 16 heteroatoms. The zero-order valence-electron chi connectivity index (χ0n) is 38.7. The number of rotatable bonds is 9. The second kappa shape index (κ2) is 17.0. The Kier molecular flexibility index (Phi) is 13.5. The van der Waals surface area contributed by atoms with Crippen LogP contribution in [0.15, 0.2) is 48.5 Å². The SMILES string of the molecule is CCC(CC)(OC)[C@H](C)[N+]1(C)Cc2c(cc(C(C)(C)C)c(OC)c2-c2cc(C(F)(F)F)cc(C(F)(F)F)c2)-c2cc(C(C)(C)C)c(OC)c(-c3cc(C(F)(F)F)cc(C(F)(F)F)c3)c2C1. The first-order valence-corrected chi connectivity index (χ1v) is 21.0. The fourth-order valence-electron chi connectivity index (χ4n) is 9.48. The number of halogens is 12. The lowest BCUT2D eigenvalue weighted by Gasteiger charge is -2.48. The molecule has 358 valence electrons. The molecule has 1 aliphatic rings. The smallest absolute Gasteiger partial charge is 0.416 e. The van der Waals surface area contributed by atoms with Crippen molar-refractivity contribution in [3.05, 3.63) is 93.0 Å². The molecule has 1 aliphatic heterocycles. The molecule has 1 atom stereocenters. The van der Waals surface area contributed by atoms with Crippen LogP contribution in [0.25, 0.3) is 33.4 Å². The lowest BCUT2D eigenvalue weighted by molar-refractivity contribution is -0.963. The van der Waals surface area contributed by atoms with Crippen LogP contribution in [0.5, 0.6) is 11.5 Å². The monoisotopic (exact) mass is 934 g/mol. The molecule has 4 aromatic carbocycles. The summed E-state index contributed by atoms with van der Waals surface area (Å²) in [5, 5.41) is 0. The molecule has 0 bridgehead atoms. The molecule has 0 spiro atoms. The van der Waals surface area contributed by atoms with Crippen molar-refractivity contribution in [3.8, 4) is 44.9 Å².